The van der Waals surface area contributed by atoms with Crippen molar-refractivity contribution in [3.8, 4) is 27.9 Å². The molecule has 0 N–H and O–H groups in total. The maximum absolute atomic E-state index is 6.71. The van der Waals surface area contributed by atoms with Crippen LogP contribution < -0.4 is 5.46 Å². The highest BCUT2D eigenvalue weighted by Crippen LogP contribution is 2.57. The van der Waals surface area contributed by atoms with Gasteiger partial charge < -0.3 is 13.9 Å². The van der Waals surface area contributed by atoms with Crippen molar-refractivity contribution >= 4 is 34.4 Å². The zero-order valence-electron chi connectivity index (χ0n) is 22.3. The van der Waals surface area contributed by atoms with E-state index < -0.39 is 18.3 Å². The van der Waals surface area contributed by atoms with E-state index in [2.05, 4.69) is 119 Å². The third-order valence-electron chi connectivity index (χ3n) is 9.57. The van der Waals surface area contributed by atoms with Crippen molar-refractivity contribution in [1.29, 1.82) is 0 Å². The fourth-order valence-electron chi connectivity index (χ4n) is 6.96. The molecular weight excluding hydrogens is 453 g/mol. The Kier molecular flexibility index (Phi) is 3.85. The van der Waals surface area contributed by atoms with E-state index in [-0.39, 0.29) is 5.41 Å². The summed E-state index contributed by atoms with van der Waals surface area (Å²) in [7, 11) is -0.438. The molecule has 3 heterocycles. The molecule has 8 rings (SSSR count). The Morgan fingerprint density at radius 2 is 1.35 bits per heavy atom. The van der Waals surface area contributed by atoms with Gasteiger partial charge in [0.15, 0.2) is 0 Å². The maximum Gasteiger partial charge on any atom is 0.495 e. The normalized spacial score (nSPS) is 19.5. The molecule has 37 heavy (non-hydrogen) atoms. The third-order valence-corrected chi connectivity index (χ3v) is 9.57. The lowest BCUT2D eigenvalue weighted by atomic mass is 9.72. The van der Waals surface area contributed by atoms with E-state index in [1.807, 2.05) is 0 Å². The van der Waals surface area contributed by atoms with Crippen LogP contribution in [0.1, 0.15) is 52.7 Å². The Morgan fingerprint density at radius 3 is 2.14 bits per heavy atom. The number of hydrogen-bond donors (Lipinski definition) is 0. The second-order valence-electron chi connectivity index (χ2n) is 12.4. The van der Waals surface area contributed by atoms with E-state index in [4.69, 9.17) is 9.31 Å². The summed E-state index contributed by atoms with van der Waals surface area (Å²) in [4.78, 5) is 0. The molecule has 0 unspecified atom stereocenters. The first-order chi connectivity index (χ1) is 17.6. The van der Waals surface area contributed by atoms with Gasteiger partial charge in [0.05, 0.1) is 27.9 Å². The van der Waals surface area contributed by atoms with Crippen molar-refractivity contribution in [2.45, 2.75) is 58.2 Å². The van der Waals surface area contributed by atoms with Gasteiger partial charge in [-0.2, -0.15) is 0 Å². The number of hydrogen-bond acceptors (Lipinski definition) is 2. The lowest BCUT2D eigenvalue weighted by Crippen LogP contribution is -2.41. The number of rotatable bonds is 1. The molecule has 0 spiro atoms. The molecular formula is C33H30BNO2. The fourth-order valence-corrected chi connectivity index (χ4v) is 6.96. The monoisotopic (exact) mass is 483 g/mol. The molecule has 3 aliphatic rings. The molecule has 4 aromatic carbocycles. The van der Waals surface area contributed by atoms with Gasteiger partial charge in [-0.1, -0.05) is 74.5 Å². The summed E-state index contributed by atoms with van der Waals surface area (Å²) in [6, 6.07) is 26.9. The molecule has 5 aromatic rings. The molecule has 1 saturated heterocycles. The highest BCUT2D eigenvalue weighted by Gasteiger charge is 2.53. The molecule has 0 amide bonds. The SMILES string of the molecule is CC1(C)c2cccc3c2-c2c1cc(B1OC(C)(C)C(C)(C)O1)c1c4ccccc4n(c21)-c1ccccc1-3. The van der Waals surface area contributed by atoms with E-state index in [0.717, 1.165) is 5.46 Å². The molecule has 0 bridgehead atoms. The van der Waals surface area contributed by atoms with E-state index in [9.17, 15) is 0 Å². The zero-order valence-corrected chi connectivity index (χ0v) is 22.3. The van der Waals surface area contributed by atoms with Gasteiger partial charge >= 0.3 is 7.12 Å². The van der Waals surface area contributed by atoms with Crippen molar-refractivity contribution in [2.75, 3.05) is 0 Å². The average Bonchev–Trinajstić information content (AvgIpc) is 3.37. The molecule has 0 saturated carbocycles. The molecule has 4 heteroatoms. The quantitative estimate of drug-likeness (QED) is 0.228. The van der Waals surface area contributed by atoms with Crippen LogP contribution in [-0.2, 0) is 14.7 Å². The predicted molar refractivity (Wildman–Crippen MR) is 153 cm³/mol. The van der Waals surface area contributed by atoms with E-state index in [1.54, 1.807) is 0 Å². The molecule has 1 fully saturated rings. The van der Waals surface area contributed by atoms with Gasteiger partial charge in [-0.05, 0) is 67.5 Å². The first-order valence-electron chi connectivity index (χ1n) is 13.3. The minimum Gasteiger partial charge on any atom is -0.399 e. The topological polar surface area (TPSA) is 23.4 Å². The Balaban J connectivity index is 1.62. The average molecular weight is 483 g/mol. The van der Waals surface area contributed by atoms with Crippen LogP contribution in [0.4, 0.5) is 0 Å². The first-order valence-corrected chi connectivity index (χ1v) is 13.3. The lowest BCUT2D eigenvalue weighted by Gasteiger charge is -2.32. The van der Waals surface area contributed by atoms with E-state index in [1.165, 1.54) is 60.9 Å². The minimum absolute atomic E-state index is 0.138. The summed E-state index contributed by atoms with van der Waals surface area (Å²) < 4.78 is 15.9. The van der Waals surface area contributed by atoms with Gasteiger partial charge in [-0.15, -0.1) is 0 Å². The standard InChI is InChI=1S/C33H30BNO2/c1-31(2)22-15-11-14-20-19-12-7-9-16-25(19)35-26-17-10-8-13-21(26)28-24(18-23(31)29(27(20)22)30(28)35)34-36-32(3,4)33(5,6)37-34/h7-18H,1-6H3. The first kappa shape index (κ1) is 21.7. The summed E-state index contributed by atoms with van der Waals surface area (Å²) in [6.45, 7) is 13.3. The molecule has 0 radical (unpaired) electrons. The van der Waals surface area contributed by atoms with Gasteiger partial charge in [0.1, 0.15) is 0 Å². The minimum atomic E-state index is -0.438. The van der Waals surface area contributed by atoms with E-state index in [0.29, 0.717) is 0 Å². The maximum atomic E-state index is 6.71. The van der Waals surface area contributed by atoms with Crippen molar-refractivity contribution in [3.05, 3.63) is 83.9 Å². The Bertz CT molecular complexity index is 1810. The van der Waals surface area contributed by atoms with Crippen LogP contribution in [0.25, 0.3) is 49.7 Å². The summed E-state index contributed by atoms with van der Waals surface area (Å²) in [5.74, 6) is 0. The lowest BCUT2D eigenvalue weighted by molar-refractivity contribution is 0.00578. The summed E-state index contributed by atoms with van der Waals surface area (Å²) in [6.07, 6.45) is 0. The third kappa shape index (κ3) is 2.46. The second-order valence-corrected chi connectivity index (χ2v) is 12.4. The van der Waals surface area contributed by atoms with Gasteiger partial charge in [0, 0.05) is 27.3 Å². The Labute approximate surface area is 218 Å². The molecule has 2 aliphatic heterocycles. The largest absolute Gasteiger partial charge is 0.495 e. The second kappa shape index (κ2) is 6.56. The molecule has 1 aromatic heterocycles. The van der Waals surface area contributed by atoms with E-state index >= 15 is 0 Å². The number of benzene rings is 4. The number of para-hydroxylation sites is 2. The molecule has 3 nitrogen and oxygen atoms in total. The fraction of sp³-hybridized carbons (Fsp3) is 0.273. The summed E-state index contributed by atoms with van der Waals surface area (Å²) in [5.41, 5.74) is 12.0. The van der Waals surface area contributed by atoms with Crippen LogP contribution in [-0.4, -0.2) is 22.9 Å². The van der Waals surface area contributed by atoms with Crippen LogP contribution in [0.2, 0.25) is 0 Å². The molecule has 182 valence electrons. The van der Waals surface area contributed by atoms with Crippen LogP contribution in [0.3, 0.4) is 0 Å². The van der Waals surface area contributed by atoms with Crippen LogP contribution in [0.5, 0.6) is 0 Å². The van der Waals surface area contributed by atoms with Crippen molar-refractivity contribution in [3.63, 3.8) is 0 Å². The number of aromatic nitrogens is 1. The van der Waals surface area contributed by atoms with Gasteiger partial charge in [0.25, 0.3) is 0 Å². The highest BCUT2D eigenvalue weighted by atomic mass is 16.7. The number of fused-ring (bicyclic) bond motifs is 6. The summed E-state index contributed by atoms with van der Waals surface area (Å²) >= 11 is 0. The Hall–Kier alpha value is -3.34. The van der Waals surface area contributed by atoms with Gasteiger partial charge in [-0.3, -0.25) is 0 Å². The molecule has 1 aliphatic carbocycles. The summed E-state index contributed by atoms with van der Waals surface area (Å²) in [5, 5.41) is 2.48. The number of nitrogens with zero attached hydrogens (tertiary/aromatic N) is 1. The zero-order chi connectivity index (χ0) is 25.5. The smallest absolute Gasteiger partial charge is 0.399 e. The van der Waals surface area contributed by atoms with Crippen molar-refractivity contribution < 1.29 is 9.31 Å². The van der Waals surface area contributed by atoms with Crippen molar-refractivity contribution in [1.82, 2.24) is 4.57 Å². The van der Waals surface area contributed by atoms with Crippen LogP contribution in [0.15, 0.2) is 72.8 Å². The van der Waals surface area contributed by atoms with Crippen LogP contribution >= 0.6 is 0 Å². The Morgan fingerprint density at radius 1 is 0.676 bits per heavy atom. The highest BCUT2D eigenvalue weighted by molar-refractivity contribution is 6.66. The predicted octanol–water partition coefficient (Wildman–Crippen LogP) is 7.37. The van der Waals surface area contributed by atoms with Gasteiger partial charge in [0.2, 0.25) is 0 Å². The van der Waals surface area contributed by atoms with Crippen LogP contribution in [0, 0.1) is 0 Å². The van der Waals surface area contributed by atoms with Crippen molar-refractivity contribution in [2.24, 2.45) is 0 Å². The molecule has 0 atom stereocenters. The van der Waals surface area contributed by atoms with Gasteiger partial charge in [-0.25, -0.2) is 0 Å².